The molecule has 1 heterocycles. The van der Waals surface area contributed by atoms with Gasteiger partial charge in [-0.05, 0) is 70.5 Å². The summed E-state index contributed by atoms with van der Waals surface area (Å²) in [5.74, 6) is 0. The maximum Gasteiger partial charge on any atom is 0.104 e. The second-order valence-electron chi connectivity index (χ2n) is 7.51. The average Bonchev–Trinajstić information content (AvgIpc) is 3.32. The molecule has 0 radical (unpaired) electrons. The number of piperidine rings is 1. The molecule has 3 heteroatoms. The lowest BCUT2D eigenvalue weighted by atomic mass is 9.74. The summed E-state index contributed by atoms with van der Waals surface area (Å²) in [7, 11) is 0. The lowest BCUT2D eigenvalue weighted by Gasteiger charge is -2.41. The first-order valence-electron chi connectivity index (χ1n) is 8.96. The van der Waals surface area contributed by atoms with E-state index in [1.165, 1.54) is 51.6 Å². The third-order valence-corrected chi connectivity index (χ3v) is 5.91. The molecule has 1 unspecified atom stereocenters. The van der Waals surface area contributed by atoms with Crippen molar-refractivity contribution >= 4 is 0 Å². The predicted molar refractivity (Wildman–Crippen MR) is 88.1 cm³/mol. The van der Waals surface area contributed by atoms with Gasteiger partial charge in [0.15, 0.2) is 0 Å². The number of nitrogens with zero attached hydrogens (tertiary/aromatic N) is 2. The van der Waals surface area contributed by atoms with E-state index in [1.807, 2.05) is 0 Å². The summed E-state index contributed by atoms with van der Waals surface area (Å²) < 4.78 is 0. The van der Waals surface area contributed by atoms with Gasteiger partial charge in [-0.15, -0.1) is 0 Å². The van der Waals surface area contributed by atoms with Gasteiger partial charge in [-0.1, -0.05) is 26.7 Å². The molecule has 2 fully saturated rings. The average molecular weight is 291 g/mol. The van der Waals surface area contributed by atoms with E-state index in [0.29, 0.717) is 11.5 Å². The predicted octanol–water partition coefficient (Wildman–Crippen LogP) is 3.70. The Balaban J connectivity index is 1.68. The van der Waals surface area contributed by atoms with E-state index in [4.69, 9.17) is 0 Å². The molecular weight excluding hydrogens is 258 g/mol. The van der Waals surface area contributed by atoms with Gasteiger partial charge in [0.25, 0.3) is 0 Å². The molecule has 21 heavy (non-hydrogen) atoms. The highest BCUT2D eigenvalue weighted by atomic mass is 15.1. The van der Waals surface area contributed by atoms with E-state index in [0.717, 1.165) is 19.4 Å². The molecule has 0 amide bonds. The SMILES string of the molecule is CCC1(CC)CCN(CCCC(C)(C#N)NC2CC2)CC1. The summed E-state index contributed by atoms with van der Waals surface area (Å²) in [5.41, 5.74) is 0.304. The van der Waals surface area contributed by atoms with Crippen LogP contribution in [0.1, 0.15) is 72.1 Å². The largest absolute Gasteiger partial charge is 0.303 e. The van der Waals surface area contributed by atoms with Gasteiger partial charge in [0, 0.05) is 6.04 Å². The zero-order chi connectivity index (χ0) is 15.3. The third-order valence-electron chi connectivity index (χ3n) is 5.91. The molecule has 2 aliphatic rings. The highest BCUT2D eigenvalue weighted by molar-refractivity contribution is 5.07. The number of nitrogens with one attached hydrogen (secondary N) is 1. The lowest BCUT2D eigenvalue weighted by molar-refractivity contribution is 0.0932. The van der Waals surface area contributed by atoms with E-state index in [1.54, 1.807) is 0 Å². The van der Waals surface area contributed by atoms with Gasteiger partial charge in [0.2, 0.25) is 0 Å². The van der Waals surface area contributed by atoms with Crippen LogP contribution in [0.25, 0.3) is 0 Å². The first-order valence-corrected chi connectivity index (χ1v) is 8.96. The third kappa shape index (κ3) is 4.69. The molecule has 0 bridgehead atoms. The van der Waals surface area contributed by atoms with Crippen LogP contribution in [0.3, 0.4) is 0 Å². The van der Waals surface area contributed by atoms with Gasteiger partial charge in [0.05, 0.1) is 6.07 Å². The minimum atomic E-state index is -0.312. The smallest absolute Gasteiger partial charge is 0.104 e. The van der Waals surface area contributed by atoms with Crippen LogP contribution in [0.5, 0.6) is 0 Å². The fraction of sp³-hybridized carbons (Fsp3) is 0.944. The fourth-order valence-electron chi connectivity index (χ4n) is 3.70. The Morgan fingerprint density at radius 3 is 2.33 bits per heavy atom. The fourth-order valence-corrected chi connectivity index (χ4v) is 3.70. The van der Waals surface area contributed by atoms with Crippen LogP contribution in [-0.2, 0) is 0 Å². The molecule has 1 aliphatic heterocycles. The van der Waals surface area contributed by atoms with Crippen LogP contribution < -0.4 is 5.32 Å². The first kappa shape index (κ1) is 16.8. The molecule has 0 aromatic heterocycles. The van der Waals surface area contributed by atoms with Gasteiger partial charge in [-0.3, -0.25) is 5.32 Å². The number of likely N-dealkylation sites (tertiary alicyclic amines) is 1. The van der Waals surface area contributed by atoms with E-state index < -0.39 is 0 Å². The maximum atomic E-state index is 9.41. The van der Waals surface area contributed by atoms with Crippen LogP contribution >= 0.6 is 0 Å². The van der Waals surface area contributed by atoms with Crippen LogP contribution in [0.4, 0.5) is 0 Å². The molecular formula is C18H33N3. The Morgan fingerprint density at radius 1 is 1.24 bits per heavy atom. The summed E-state index contributed by atoms with van der Waals surface area (Å²) >= 11 is 0. The van der Waals surface area contributed by atoms with Gasteiger partial charge >= 0.3 is 0 Å². The highest BCUT2D eigenvalue weighted by Gasteiger charge is 2.33. The summed E-state index contributed by atoms with van der Waals surface area (Å²) in [6, 6.07) is 3.10. The lowest BCUT2D eigenvalue weighted by Crippen LogP contribution is -2.44. The summed E-state index contributed by atoms with van der Waals surface area (Å²) in [6.07, 6.45) is 9.98. The minimum Gasteiger partial charge on any atom is -0.303 e. The standard InChI is InChI=1S/C18H33N3/c1-4-18(5-2)10-13-21(14-11-18)12-6-9-17(3,15-19)20-16-7-8-16/h16,20H,4-14H2,1-3H3. The van der Waals surface area contributed by atoms with E-state index >= 15 is 0 Å². The van der Waals surface area contributed by atoms with Gasteiger partial charge in [0.1, 0.15) is 5.54 Å². The number of rotatable bonds is 8. The quantitative estimate of drug-likeness (QED) is 0.741. The highest BCUT2D eigenvalue weighted by Crippen LogP contribution is 2.37. The number of nitriles is 1. The summed E-state index contributed by atoms with van der Waals surface area (Å²) in [4.78, 5) is 2.61. The van der Waals surface area contributed by atoms with Crippen LogP contribution in [0.15, 0.2) is 0 Å². The van der Waals surface area contributed by atoms with Crippen molar-refractivity contribution in [2.45, 2.75) is 83.7 Å². The Kier molecular flexibility index (Phi) is 5.68. The van der Waals surface area contributed by atoms with Crippen molar-refractivity contribution in [2.75, 3.05) is 19.6 Å². The number of hydrogen-bond acceptors (Lipinski definition) is 3. The summed E-state index contributed by atoms with van der Waals surface area (Å²) in [6.45, 7) is 10.4. The minimum absolute atomic E-state index is 0.312. The van der Waals surface area contributed by atoms with Crippen LogP contribution in [0, 0.1) is 16.7 Å². The molecule has 3 nitrogen and oxygen atoms in total. The maximum absolute atomic E-state index is 9.41. The molecule has 0 spiro atoms. The molecule has 1 N–H and O–H groups in total. The molecule has 1 aliphatic carbocycles. The zero-order valence-electron chi connectivity index (χ0n) is 14.2. The van der Waals surface area contributed by atoms with Crippen molar-refractivity contribution in [2.24, 2.45) is 5.41 Å². The van der Waals surface area contributed by atoms with Crippen molar-refractivity contribution in [3.05, 3.63) is 0 Å². The second-order valence-corrected chi connectivity index (χ2v) is 7.51. The first-order chi connectivity index (χ1) is 10.0. The van der Waals surface area contributed by atoms with Crippen molar-refractivity contribution in [1.82, 2.24) is 10.2 Å². The van der Waals surface area contributed by atoms with E-state index in [9.17, 15) is 5.26 Å². The van der Waals surface area contributed by atoms with Gasteiger partial charge < -0.3 is 4.90 Å². The van der Waals surface area contributed by atoms with Gasteiger partial charge in [-0.25, -0.2) is 0 Å². The van der Waals surface area contributed by atoms with Crippen LogP contribution in [0.2, 0.25) is 0 Å². The molecule has 1 saturated heterocycles. The van der Waals surface area contributed by atoms with Crippen molar-refractivity contribution < 1.29 is 0 Å². The Hall–Kier alpha value is -0.590. The van der Waals surface area contributed by atoms with Gasteiger partial charge in [-0.2, -0.15) is 5.26 Å². The molecule has 0 aromatic rings. The topological polar surface area (TPSA) is 39.1 Å². The molecule has 0 aromatic carbocycles. The van der Waals surface area contributed by atoms with Crippen molar-refractivity contribution in [1.29, 1.82) is 5.26 Å². The monoisotopic (exact) mass is 291 g/mol. The van der Waals surface area contributed by atoms with Crippen molar-refractivity contribution in [3.8, 4) is 6.07 Å². The number of hydrogen-bond donors (Lipinski definition) is 1. The molecule has 1 saturated carbocycles. The van der Waals surface area contributed by atoms with Crippen molar-refractivity contribution in [3.63, 3.8) is 0 Å². The van der Waals surface area contributed by atoms with Crippen LogP contribution in [-0.4, -0.2) is 36.1 Å². The van der Waals surface area contributed by atoms with E-state index in [2.05, 4.69) is 37.1 Å². The Bertz CT molecular complexity index is 355. The second kappa shape index (κ2) is 7.11. The molecule has 120 valence electrons. The Morgan fingerprint density at radius 2 is 1.86 bits per heavy atom. The summed E-state index contributed by atoms with van der Waals surface area (Å²) in [5, 5.41) is 12.9. The van der Waals surface area contributed by atoms with E-state index in [-0.39, 0.29) is 5.54 Å². The molecule has 1 atom stereocenters. The molecule has 2 rings (SSSR count). The Labute approximate surface area is 131 Å². The normalized spacial score (nSPS) is 25.2. The zero-order valence-corrected chi connectivity index (χ0v) is 14.2.